The Kier molecular flexibility index (Phi) is 4.58. The number of fused-ring (bicyclic) bond motifs is 1. The zero-order valence-corrected chi connectivity index (χ0v) is 14.9. The second-order valence-corrected chi connectivity index (χ2v) is 7.09. The highest BCUT2D eigenvalue weighted by molar-refractivity contribution is 5.90. The molecule has 2 aliphatic heterocycles. The first-order valence-corrected chi connectivity index (χ1v) is 9.23. The monoisotopic (exact) mass is 356 g/mol. The van der Waals surface area contributed by atoms with Crippen LogP contribution < -0.4 is 10.6 Å². The third-order valence-electron chi connectivity index (χ3n) is 5.34. The van der Waals surface area contributed by atoms with E-state index in [1.165, 1.54) is 0 Å². The van der Waals surface area contributed by atoms with E-state index >= 15 is 0 Å². The molecule has 1 aromatic carbocycles. The van der Waals surface area contributed by atoms with Gasteiger partial charge >= 0.3 is 0 Å². The van der Waals surface area contributed by atoms with Gasteiger partial charge in [0.15, 0.2) is 0 Å². The molecule has 0 saturated carbocycles. The number of hydrogen-bond acceptors (Lipinski definition) is 5. The topological polar surface area (TPSA) is 92.2 Å². The molecule has 8 nitrogen and oxygen atoms in total. The molecule has 0 radical (unpaired) electrons. The molecule has 2 fully saturated rings. The van der Waals surface area contributed by atoms with E-state index in [1.807, 2.05) is 25.2 Å². The molecule has 3 heterocycles. The Bertz CT molecular complexity index is 826. The van der Waals surface area contributed by atoms with Crippen LogP contribution in [0.3, 0.4) is 0 Å². The minimum absolute atomic E-state index is 0.0705. The van der Waals surface area contributed by atoms with Crippen molar-refractivity contribution in [3.05, 3.63) is 23.8 Å². The molecule has 1 unspecified atom stereocenters. The van der Waals surface area contributed by atoms with Crippen LogP contribution in [0.15, 0.2) is 18.2 Å². The molecule has 2 N–H and O–H groups in total. The first-order valence-electron chi connectivity index (χ1n) is 9.23. The third kappa shape index (κ3) is 3.16. The zero-order chi connectivity index (χ0) is 18.1. The van der Waals surface area contributed by atoms with Gasteiger partial charge in [0.2, 0.25) is 11.8 Å². The van der Waals surface area contributed by atoms with Crippen LogP contribution in [0.5, 0.6) is 0 Å². The molecule has 2 aromatic rings. The number of rotatable bonds is 4. The molecular formula is C18H24N6O2. The Balaban J connectivity index is 1.39. The normalized spacial score (nSPS) is 22.9. The van der Waals surface area contributed by atoms with Gasteiger partial charge in [-0.3, -0.25) is 9.59 Å². The highest BCUT2D eigenvalue weighted by Gasteiger charge is 2.37. The summed E-state index contributed by atoms with van der Waals surface area (Å²) in [6, 6.07) is 5.37. The number of aryl methyl sites for hydroxylation is 1. The number of carbonyl (C=O) groups excluding carboxylic acids is 2. The minimum Gasteiger partial charge on any atom is -0.350 e. The summed E-state index contributed by atoms with van der Waals surface area (Å²) in [5.74, 6) is -0.00535. The maximum Gasteiger partial charge on any atom is 0.243 e. The van der Waals surface area contributed by atoms with Crippen molar-refractivity contribution >= 4 is 22.8 Å². The van der Waals surface area contributed by atoms with Crippen LogP contribution in [0, 0.1) is 0 Å². The molecule has 4 rings (SSSR count). The number of nitrogens with one attached hydrogen (secondary N) is 2. The fraction of sp³-hybridized carbons (Fsp3) is 0.556. The second kappa shape index (κ2) is 7.03. The maximum absolute atomic E-state index is 12.7. The first-order chi connectivity index (χ1) is 12.6. The van der Waals surface area contributed by atoms with E-state index in [0.29, 0.717) is 13.1 Å². The van der Waals surface area contributed by atoms with Crippen molar-refractivity contribution in [3.8, 4) is 0 Å². The van der Waals surface area contributed by atoms with Gasteiger partial charge < -0.3 is 15.5 Å². The Labute approximate surface area is 151 Å². The van der Waals surface area contributed by atoms with Crippen molar-refractivity contribution < 1.29 is 9.59 Å². The number of benzene rings is 1. The molecule has 8 heteroatoms. The second-order valence-electron chi connectivity index (χ2n) is 7.09. The average molecular weight is 356 g/mol. The SMILES string of the molecule is Cn1nnc2cc(CNC(=O)[C@@H]3CCCN3C(=O)C3CCCN3)ccc21. The van der Waals surface area contributed by atoms with Crippen molar-refractivity contribution in [3.63, 3.8) is 0 Å². The van der Waals surface area contributed by atoms with E-state index in [9.17, 15) is 9.59 Å². The molecule has 26 heavy (non-hydrogen) atoms. The zero-order valence-electron chi connectivity index (χ0n) is 14.9. The summed E-state index contributed by atoms with van der Waals surface area (Å²) in [7, 11) is 1.85. The fourth-order valence-electron chi connectivity index (χ4n) is 3.90. The molecule has 1 aromatic heterocycles. The molecule has 2 saturated heterocycles. The lowest BCUT2D eigenvalue weighted by Gasteiger charge is -2.26. The van der Waals surface area contributed by atoms with Gasteiger partial charge in [0.05, 0.1) is 11.6 Å². The molecule has 0 bridgehead atoms. The predicted molar refractivity (Wildman–Crippen MR) is 96.1 cm³/mol. The van der Waals surface area contributed by atoms with Gasteiger partial charge in [-0.15, -0.1) is 5.10 Å². The Morgan fingerprint density at radius 1 is 1.31 bits per heavy atom. The summed E-state index contributed by atoms with van der Waals surface area (Å²) in [5.41, 5.74) is 2.74. The molecule has 2 aliphatic rings. The van der Waals surface area contributed by atoms with Gasteiger partial charge in [-0.25, -0.2) is 4.68 Å². The lowest BCUT2D eigenvalue weighted by atomic mass is 10.1. The van der Waals surface area contributed by atoms with Gasteiger partial charge in [0, 0.05) is 20.1 Å². The van der Waals surface area contributed by atoms with Crippen LogP contribution in [-0.2, 0) is 23.2 Å². The molecular weight excluding hydrogens is 332 g/mol. The number of amides is 2. The van der Waals surface area contributed by atoms with Crippen LogP contribution in [0.25, 0.3) is 11.0 Å². The quantitative estimate of drug-likeness (QED) is 0.824. The van der Waals surface area contributed by atoms with Gasteiger partial charge in [0.1, 0.15) is 11.6 Å². The fourth-order valence-corrected chi connectivity index (χ4v) is 3.90. The van der Waals surface area contributed by atoms with Gasteiger partial charge in [-0.1, -0.05) is 11.3 Å². The lowest BCUT2D eigenvalue weighted by molar-refractivity contribution is -0.139. The average Bonchev–Trinajstić information content (AvgIpc) is 3.40. The van der Waals surface area contributed by atoms with Crippen molar-refractivity contribution in [2.24, 2.45) is 7.05 Å². The number of nitrogens with zero attached hydrogens (tertiary/aromatic N) is 4. The molecule has 2 atom stereocenters. The van der Waals surface area contributed by atoms with E-state index < -0.39 is 0 Å². The smallest absolute Gasteiger partial charge is 0.243 e. The summed E-state index contributed by atoms with van der Waals surface area (Å²) in [4.78, 5) is 27.1. The molecule has 0 aliphatic carbocycles. The highest BCUT2D eigenvalue weighted by atomic mass is 16.2. The number of carbonyl (C=O) groups is 2. The summed E-state index contributed by atoms with van der Waals surface area (Å²) in [6.07, 6.45) is 3.49. The molecule has 138 valence electrons. The Morgan fingerprint density at radius 2 is 2.19 bits per heavy atom. The van der Waals surface area contributed by atoms with Crippen molar-refractivity contribution in [1.82, 2.24) is 30.5 Å². The van der Waals surface area contributed by atoms with E-state index in [1.54, 1.807) is 9.58 Å². The van der Waals surface area contributed by atoms with Crippen molar-refractivity contribution in [2.75, 3.05) is 13.1 Å². The van der Waals surface area contributed by atoms with Gasteiger partial charge in [-0.2, -0.15) is 0 Å². The summed E-state index contributed by atoms with van der Waals surface area (Å²) >= 11 is 0. The Morgan fingerprint density at radius 3 is 3.00 bits per heavy atom. The standard InChI is InChI=1S/C18H24N6O2/c1-23-15-7-6-12(10-14(15)21-22-23)11-20-17(25)16-5-3-9-24(16)18(26)13-4-2-8-19-13/h6-7,10,13,16,19H,2-5,8-9,11H2,1H3,(H,20,25)/t13?,16-/m0/s1. The third-order valence-corrected chi connectivity index (χ3v) is 5.34. The van der Waals surface area contributed by atoms with E-state index in [-0.39, 0.29) is 23.9 Å². The van der Waals surface area contributed by atoms with E-state index in [4.69, 9.17) is 0 Å². The van der Waals surface area contributed by atoms with Crippen molar-refractivity contribution in [1.29, 1.82) is 0 Å². The summed E-state index contributed by atoms with van der Waals surface area (Å²) in [5, 5.41) is 14.3. The Hall–Kier alpha value is -2.48. The number of likely N-dealkylation sites (tertiary alicyclic amines) is 1. The summed E-state index contributed by atoms with van der Waals surface area (Å²) < 4.78 is 1.72. The lowest BCUT2D eigenvalue weighted by Crippen LogP contribution is -2.50. The van der Waals surface area contributed by atoms with E-state index in [2.05, 4.69) is 20.9 Å². The van der Waals surface area contributed by atoms with Crippen molar-refractivity contribution in [2.45, 2.75) is 44.3 Å². The van der Waals surface area contributed by atoms with Crippen LogP contribution in [0.2, 0.25) is 0 Å². The van der Waals surface area contributed by atoms with Gasteiger partial charge in [0.25, 0.3) is 0 Å². The highest BCUT2D eigenvalue weighted by Crippen LogP contribution is 2.21. The summed E-state index contributed by atoms with van der Waals surface area (Å²) in [6.45, 7) is 1.97. The van der Waals surface area contributed by atoms with E-state index in [0.717, 1.165) is 48.8 Å². The van der Waals surface area contributed by atoms with Crippen LogP contribution in [0.1, 0.15) is 31.2 Å². The predicted octanol–water partition coefficient (Wildman–Crippen LogP) is 0.328. The van der Waals surface area contributed by atoms with Crippen LogP contribution >= 0.6 is 0 Å². The number of aromatic nitrogens is 3. The molecule has 2 amide bonds. The van der Waals surface area contributed by atoms with Gasteiger partial charge in [-0.05, 0) is 49.9 Å². The maximum atomic E-state index is 12.7. The van der Waals surface area contributed by atoms with Crippen LogP contribution in [0.4, 0.5) is 0 Å². The first kappa shape index (κ1) is 17.0. The minimum atomic E-state index is -0.356. The number of hydrogen-bond donors (Lipinski definition) is 2. The largest absolute Gasteiger partial charge is 0.350 e. The van der Waals surface area contributed by atoms with Crippen LogP contribution in [-0.4, -0.2) is 56.9 Å². The molecule has 0 spiro atoms.